The van der Waals surface area contributed by atoms with Crippen LogP contribution < -0.4 is 4.74 Å². The average molecular weight is 362 g/mol. The minimum absolute atomic E-state index is 0.0472. The normalized spacial score (nSPS) is 12.0. The van der Waals surface area contributed by atoms with Gasteiger partial charge in [-0.15, -0.1) is 10.2 Å². The van der Waals surface area contributed by atoms with Gasteiger partial charge in [-0.3, -0.25) is 0 Å². The molecule has 0 saturated carbocycles. The Morgan fingerprint density at radius 1 is 1.04 bits per heavy atom. The van der Waals surface area contributed by atoms with E-state index in [-0.39, 0.29) is 17.3 Å². The van der Waals surface area contributed by atoms with Gasteiger partial charge in [0.15, 0.2) is 11.4 Å². The molecule has 0 amide bonds. The van der Waals surface area contributed by atoms with Gasteiger partial charge in [-0.05, 0) is 18.4 Å². The summed E-state index contributed by atoms with van der Waals surface area (Å²) < 4.78 is 44.8. The van der Waals surface area contributed by atoms with E-state index < -0.39 is 23.4 Å². The van der Waals surface area contributed by atoms with Gasteiger partial charge in [0.25, 0.3) is 0 Å². The first kappa shape index (κ1) is 17.6. The van der Waals surface area contributed by atoms with Crippen molar-refractivity contribution in [2.75, 3.05) is 7.11 Å². The topological polar surface area (TPSA) is 80.0 Å². The number of aryl methyl sites for hydroxylation is 1. The Hall–Kier alpha value is -3.23. The number of phenolic OH excluding ortho intramolecular Hbond substituents is 1. The summed E-state index contributed by atoms with van der Waals surface area (Å²) in [7, 11) is 1.08. The quantitative estimate of drug-likeness (QED) is 0.659. The molecule has 1 heterocycles. The molecular formula is C17H13F3N4O2. The molecule has 134 valence electrons. The standard InChI is InChI=1S/C17H13F3N4O2/c1-9-21-15(13(17(18,19)20)16(22-9)26-2)24-23-14-11-6-4-3-5-10(11)7-8-12(14)25/h3-8,25H,1-2H3. The van der Waals surface area contributed by atoms with E-state index in [1.54, 1.807) is 30.3 Å². The lowest BCUT2D eigenvalue weighted by molar-refractivity contribution is -0.138. The number of fused-ring (bicyclic) bond motifs is 1. The molecule has 0 aliphatic heterocycles. The molecule has 0 bridgehead atoms. The Bertz CT molecular complexity index is 1000. The second-order valence-electron chi connectivity index (χ2n) is 5.33. The Morgan fingerprint density at radius 3 is 2.46 bits per heavy atom. The van der Waals surface area contributed by atoms with Gasteiger partial charge in [-0.25, -0.2) is 4.98 Å². The second kappa shape index (κ2) is 6.58. The van der Waals surface area contributed by atoms with E-state index in [0.29, 0.717) is 5.39 Å². The summed E-state index contributed by atoms with van der Waals surface area (Å²) in [5.41, 5.74) is -1.18. The molecule has 0 radical (unpaired) electrons. The lowest BCUT2D eigenvalue weighted by atomic mass is 10.1. The highest BCUT2D eigenvalue weighted by Crippen LogP contribution is 2.42. The lowest BCUT2D eigenvalue weighted by Gasteiger charge is -2.12. The van der Waals surface area contributed by atoms with Crippen LogP contribution in [-0.2, 0) is 6.18 Å². The molecular weight excluding hydrogens is 349 g/mol. The van der Waals surface area contributed by atoms with E-state index in [2.05, 4.69) is 20.2 Å². The smallest absolute Gasteiger partial charge is 0.425 e. The van der Waals surface area contributed by atoms with Crippen molar-refractivity contribution in [2.45, 2.75) is 13.1 Å². The van der Waals surface area contributed by atoms with E-state index in [0.717, 1.165) is 12.5 Å². The second-order valence-corrected chi connectivity index (χ2v) is 5.33. The number of aromatic hydroxyl groups is 1. The molecule has 3 aromatic rings. The van der Waals surface area contributed by atoms with Gasteiger partial charge >= 0.3 is 6.18 Å². The van der Waals surface area contributed by atoms with Crippen molar-refractivity contribution in [3.63, 3.8) is 0 Å². The van der Waals surface area contributed by atoms with Gasteiger partial charge in [0.1, 0.15) is 17.3 Å². The number of methoxy groups -OCH3 is 1. The van der Waals surface area contributed by atoms with Crippen molar-refractivity contribution < 1.29 is 23.0 Å². The molecule has 9 heteroatoms. The fourth-order valence-corrected chi connectivity index (χ4v) is 2.45. The third-order valence-corrected chi connectivity index (χ3v) is 3.57. The zero-order valence-corrected chi connectivity index (χ0v) is 13.7. The summed E-state index contributed by atoms with van der Waals surface area (Å²) in [6, 6.07) is 10.0. The zero-order chi connectivity index (χ0) is 18.9. The summed E-state index contributed by atoms with van der Waals surface area (Å²) in [6.07, 6.45) is -4.78. The van der Waals surface area contributed by atoms with Crippen molar-refractivity contribution in [1.82, 2.24) is 9.97 Å². The van der Waals surface area contributed by atoms with E-state index in [1.807, 2.05) is 0 Å². The molecule has 0 spiro atoms. The van der Waals surface area contributed by atoms with Crippen LogP contribution in [0.4, 0.5) is 24.7 Å². The number of alkyl halides is 3. The summed E-state index contributed by atoms with van der Waals surface area (Å²) in [6.45, 7) is 1.41. The number of halogens is 3. The van der Waals surface area contributed by atoms with Crippen molar-refractivity contribution in [3.8, 4) is 11.6 Å². The number of aromatic nitrogens is 2. The summed E-state index contributed by atoms with van der Waals surface area (Å²) in [5.74, 6) is -1.49. The Kier molecular flexibility index (Phi) is 4.45. The fraction of sp³-hybridized carbons (Fsp3) is 0.176. The minimum atomic E-state index is -4.78. The van der Waals surface area contributed by atoms with Crippen LogP contribution in [0.15, 0.2) is 46.6 Å². The van der Waals surface area contributed by atoms with E-state index >= 15 is 0 Å². The molecule has 0 aliphatic carbocycles. The molecule has 0 aliphatic rings. The molecule has 6 nitrogen and oxygen atoms in total. The van der Waals surface area contributed by atoms with Gasteiger partial charge in [-0.1, -0.05) is 30.3 Å². The lowest BCUT2D eigenvalue weighted by Crippen LogP contribution is -2.11. The van der Waals surface area contributed by atoms with Gasteiger partial charge in [-0.2, -0.15) is 18.2 Å². The molecule has 1 aromatic heterocycles. The number of azo groups is 1. The highest BCUT2D eigenvalue weighted by molar-refractivity contribution is 5.95. The number of phenols is 1. The van der Waals surface area contributed by atoms with Crippen molar-refractivity contribution >= 4 is 22.3 Å². The first-order valence-electron chi connectivity index (χ1n) is 7.43. The summed E-state index contributed by atoms with van der Waals surface area (Å²) >= 11 is 0. The minimum Gasteiger partial charge on any atom is -0.506 e. The van der Waals surface area contributed by atoms with Crippen LogP contribution >= 0.6 is 0 Å². The predicted octanol–water partition coefficient (Wildman–Crippen LogP) is 5.09. The molecule has 0 fully saturated rings. The largest absolute Gasteiger partial charge is 0.506 e. The van der Waals surface area contributed by atoms with Crippen LogP contribution in [0.5, 0.6) is 11.6 Å². The van der Waals surface area contributed by atoms with Crippen LogP contribution in [-0.4, -0.2) is 22.2 Å². The van der Waals surface area contributed by atoms with Crippen molar-refractivity contribution in [2.24, 2.45) is 10.2 Å². The molecule has 3 rings (SSSR count). The first-order valence-corrected chi connectivity index (χ1v) is 7.43. The van der Waals surface area contributed by atoms with Crippen LogP contribution in [0.1, 0.15) is 11.4 Å². The van der Waals surface area contributed by atoms with Crippen molar-refractivity contribution in [1.29, 1.82) is 0 Å². The Labute approximate surface area is 146 Å². The highest BCUT2D eigenvalue weighted by atomic mass is 19.4. The maximum atomic E-state index is 13.4. The SMILES string of the molecule is COc1nc(C)nc(N=Nc2c(O)ccc3ccccc23)c1C(F)(F)F. The summed E-state index contributed by atoms with van der Waals surface area (Å²) in [5, 5.41) is 18.8. The third kappa shape index (κ3) is 3.28. The maximum absolute atomic E-state index is 13.4. The Balaban J connectivity index is 2.19. The van der Waals surface area contributed by atoms with E-state index in [1.165, 1.54) is 13.0 Å². The van der Waals surface area contributed by atoms with E-state index in [4.69, 9.17) is 4.74 Å². The number of ether oxygens (including phenoxy) is 1. The number of hydrogen-bond acceptors (Lipinski definition) is 6. The number of hydrogen-bond donors (Lipinski definition) is 1. The van der Waals surface area contributed by atoms with Crippen molar-refractivity contribution in [3.05, 3.63) is 47.8 Å². The van der Waals surface area contributed by atoms with Gasteiger partial charge in [0, 0.05) is 5.39 Å². The Morgan fingerprint density at radius 2 is 1.77 bits per heavy atom. The summed E-state index contributed by atoms with van der Waals surface area (Å²) in [4.78, 5) is 7.36. The zero-order valence-electron chi connectivity index (χ0n) is 13.7. The van der Waals surface area contributed by atoms with E-state index in [9.17, 15) is 18.3 Å². The molecule has 2 aromatic carbocycles. The van der Waals surface area contributed by atoms with Crippen LogP contribution in [0, 0.1) is 6.92 Å². The highest BCUT2D eigenvalue weighted by Gasteiger charge is 2.40. The average Bonchev–Trinajstić information content (AvgIpc) is 2.59. The molecule has 0 atom stereocenters. The van der Waals surface area contributed by atoms with Gasteiger partial charge in [0.2, 0.25) is 5.88 Å². The van der Waals surface area contributed by atoms with Gasteiger partial charge < -0.3 is 9.84 Å². The molecule has 0 saturated heterocycles. The maximum Gasteiger partial charge on any atom is 0.425 e. The molecule has 1 N–H and O–H groups in total. The monoisotopic (exact) mass is 362 g/mol. The van der Waals surface area contributed by atoms with Crippen LogP contribution in [0.25, 0.3) is 10.8 Å². The number of nitrogens with zero attached hydrogens (tertiary/aromatic N) is 4. The van der Waals surface area contributed by atoms with Crippen LogP contribution in [0.2, 0.25) is 0 Å². The third-order valence-electron chi connectivity index (χ3n) is 3.57. The number of rotatable bonds is 3. The van der Waals surface area contributed by atoms with Gasteiger partial charge in [0.05, 0.1) is 7.11 Å². The number of benzene rings is 2. The first-order chi connectivity index (χ1) is 12.3. The molecule has 26 heavy (non-hydrogen) atoms. The fourth-order valence-electron chi connectivity index (χ4n) is 2.45. The predicted molar refractivity (Wildman–Crippen MR) is 88.1 cm³/mol. The molecule has 0 unspecified atom stereocenters. The van der Waals surface area contributed by atoms with Crippen LogP contribution in [0.3, 0.4) is 0 Å².